The average Bonchev–Trinajstić information content (AvgIpc) is 2.61. The zero-order valence-electron chi connectivity index (χ0n) is 13.8. The van der Waals surface area contributed by atoms with Gasteiger partial charge in [-0.05, 0) is 55.4 Å². The van der Waals surface area contributed by atoms with Gasteiger partial charge in [0.05, 0.1) is 5.69 Å². The zero-order valence-corrected chi connectivity index (χ0v) is 13.8. The fraction of sp³-hybridized carbons (Fsp3) is 0.400. The molecule has 24 heavy (non-hydrogen) atoms. The predicted molar refractivity (Wildman–Crippen MR) is 95.4 cm³/mol. The second kappa shape index (κ2) is 6.27. The first-order valence-corrected chi connectivity index (χ1v) is 8.80. The Hall–Kier alpha value is -2.36. The first-order valence-electron chi connectivity index (χ1n) is 8.80. The number of carbonyl (C=O) groups is 1. The third-order valence-electron chi connectivity index (χ3n) is 5.33. The molecule has 2 bridgehead atoms. The molecule has 1 aliphatic heterocycles. The minimum absolute atomic E-state index is 0.150. The van der Waals surface area contributed by atoms with E-state index in [1.54, 1.807) is 12.3 Å². The van der Waals surface area contributed by atoms with Gasteiger partial charge in [-0.3, -0.25) is 9.78 Å². The summed E-state index contributed by atoms with van der Waals surface area (Å²) in [5.41, 5.74) is 9.02. The normalized spacial score (nSPS) is 23.1. The van der Waals surface area contributed by atoms with Crippen molar-refractivity contribution in [2.24, 2.45) is 11.8 Å². The van der Waals surface area contributed by atoms with E-state index in [9.17, 15) is 4.79 Å². The second-order valence-electron chi connectivity index (χ2n) is 7.16. The van der Waals surface area contributed by atoms with Crippen molar-refractivity contribution in [3.63, 3.8) is 0 Å². The highest BCUT2D eigenvalue weighted by atomic mass is 16.2. The fourth-order valence-corrected chi connectivity index (χ4v) is 4.20. The standard InChI is InChI=1S/C20H23N3O/c21-18-7-8-22-19(11-18)16-5-2-6-17(10-16)20(24)23-12-14-3-1-4-15(9-14)13-23/h2,5-8,10-11,14-15H,1,3-4,9,12-13H2,(H2,21,22). The lowest BCUT2D eigenvalue weighted by Crippen LogP contribution is -2.45. The highest BCUT2D eigenvalue weighted by Gasteiger charge is 2.32. The molecule has 2 aromatic rings. The van der Waals surface area contributed by atoms with Crippen LogP contribution in [0.15, 0.2) is 42.6 Å². The van der Waals surface area contributed by atoms with Gasteiger partial charge in [-0.15, -0.1) is 0 Å². The van der Waals surface area contributed by atoms with Crippen LogP contribution in [0.2, 0.25) is 0 Å². The summed E-state index contributed by atoms with van der Waals surface area (Å²) in [5, 5.41) is 0. The topological polar surface area (TPSA) is 59.2 Å². The maximum Gasteiger partial charge on any atom is 0.253 e. The van der Waals surface area contributed by atoms with Gasteiger partial charge in [-0.25, -0.2) is 0 Å². The SMILES string of the molecule is Nc1ccnc(-c2cccc(C(=O)N3CC4CCCC(C4)C3)c2)c1. The zero-order chi connectivity index (χ0) is 16.5. The van der Waals surface area contributed by atoms with E-state index >= 15 is 0 Å². The predicted octanol–water partition coefficient (Wildman–Crippen LogP) is 3.59. The molecule has 2 unspecified atom stereocenters. The molecule has 1 amide bonds. The molecule has 124 valence electrons. The highest BCUT2D eigenvalue weighted by Crippen LogP contribution is 2.35. The number of nitrogens with zero attached hydrogens (tertiary/aromatic N) is 2. The van der Waals surface area contributed by atoms with Gasteiger partial charge in [-0.1, -0.05) is 18.6 Å². The van der Waals surface area contributed by atoms with Gasteiger partial charge < -0.3 is 10.6 Å². The maximum atomic E-state index is 13.0. The van der Waals surface area contributed by atoms with Crippen LogP contribution in [0, 0.1) is 11.8 Å². The van der Waals surface area contributed by atoms with Crippen LogP contribution in [0.25, 0.3) is 11.3 Å². The van der Waals surface area contributed by atoms with E-state index in [-0.39, 0.29) is 5.91 Å². The largest absolute Gasteiger partial charge is 0.399 e. The molecule has 4 heteroatoms. The van der Waals surface area contributed by atoms with Crippen LogP contribution >= 0.6 is 0 Å². The number of nitrogen functional groups attached to an aromatic ring is 1. The molecule has 2 aliphatic rings. The number of fused-ring (bicyclic) bond motifs is 2. The molecule has 4 nitrogen and oxygen atoms in total. The molecule has 1 aromatic heterocycles. The minimum Gasteiger partial charge on any atom is -0.399 e. The number of anilines is 1. The number of piperidine rings is 1. The number of rotatable bonds is 2. The van der Waals surface area contributed by atoms with Crippen molar-refractivity contribution in [2.75, 3.05) is 18.8 Å². The van der Waals surface area contributed by atoms with Crippen molar-refractivity contribution in [1.82, 2.24) is 9.88 Å². The van der Waals surface area contributed by atoms with E-state index in [1.807, 2.05) is 30.3 Å². The maximum absolute atomic E-state index is 13.0. The molecule has 1 aliphatic carbocycles. The molecular weight excluding hydrogens is 298 g/mol. The molecule has 2 atom stereocenters. The van der Waals surface area contributed by atoms with E-state index in [0.717, 1.165) is 29.9 Å². The highest BCUT2D eigenvalue weighted by molar-refractivity contribution is 5.95. The Morgan fingerprint density at radius 2 is 1.92 bits per heavy atom. The molecule has 4 rings (SSSR count). The third kappa shape index (κ3) is 3.01. The Labute approximate surface area is 142 Å². The molecule has 2 N–H and O–H groups in total. The second-order valence-corrected chi connectivity index (χ2v) is 7.16. The summed E-state index contributed by atoms with van der Waals surface area (Å²) in [4.78, 5) is 19.4. The van der Waals surface area contributed by atoms with Gasteiger partial charge in [0.1, 0.15) is 0 Å². The van der Waals surface area contributed by atoms with Gasteiger partial charge in [0, 0.05) is 36.1 Å². The summed E-state index contributed by atoms with van der Waals surface area (Å²) in [6, 6.07) is 11.4. The van der Waals surface area contributed by atoms with Crippen LogP contribution in [0.1, 0.15) is 36.0 Å². The summed E-state index contributed by atoms with van der Waals surface area (Å²) >= 11 is 0. The first kappa shape index (κ1) is 15.2. The molecule has 0 spiro atoms. The quantitative estimate of drug-likeness (QED) is 0.919. The lowest BCUT2D eigenvalue weighted by Gasteiger charge is -2.41. The molecule has 2 heterocycles. The van der Waals surface area contributed by atoms with Crippen LogP contribution in [0.3, 0.4) is 0 Å². The first-order chi connectivity index (χ1) is 11.7. The lowest BCUT2D eigenvalue weighted by molar-refractivity contribution is 0.0504. The van der Waals surface area contributed by atoms with Gasteiger partial charge in [0.25, 0.3) is 5.91 Å². The van der Waals surface area contributed by atoms with Crippen LogP contribution in [-0.2, 0) is 0 Å². The third-order valence-corrected chi connectivity index (χ3v) is 5.33. The number of pyridine rings is 1. The van der Waals surface area contributed by atoms with Crippen molar-refractivity contribution in [1.29, 1.82) is 0 Å². The van der Waals surface area contributed by atoms with Gasteiger partial charge >= 0.3 is 0 Å². The summed E-state index contributed by atoms with van der Waals surface area (Å²) in [6.07, 6.45) is 6.87. The van der Waals surface area contributed by atoms with E-state index in [4.69, 9.17) is 5.73 Å². The van der Waals surface area contributed by atoms with Crippen molar-refractivity contribution in [3.8, 4) is 11.3 Å². The number of nitrogens with two attached hydrogens (primary N) is 1. The number of hydrogen-bond donors (Lipinski definition) is 1. The van der Waals surface area contributed by atoms with Crippen molar-refractivity contribution >= 4 is 11.6 Å². The Morgan fingerprint density at radius 1 is 1.12 bits per heavy atom. The van der Waals surface area contributed by atoms with E-state index < -0.39 is 0 Å². The molecular formula is C20H23N3O. The van der Waals surface area contributed by atoms with Gasteiger partial charge in [-0.2, -0.15) is 0 Å². The molecule has 1 aromatic carbocycles. The minimum atomic E-state index is 0.150. The number of aromatic nitrogens is 1. The Balaban J connectivity index is 1.58. The van der Waals surface area contributed by atoms with Crippen molar-refractivity contribution < 1.29 is 4.79 Å². The monoisotopic (exact) mass is 321 g/mol. The molecule has 1 saturated heterocycles. The lowest BCUT2D eigenvalue weighted by atomic mass is 9.78. The number of benzene rings is 1. The van der Waals surface area contributed by atoms with E-state index in [2.05, 4.69) is 9.88 Å². The summed E-state index contributed by atoms with van der Waals surface area (Å²) in [7, 11) is 0. The van der Waals surface area contributed by atoms with Gasteiger partial charge in [0.15, 0.2) is 0 Å². The van der Waals surface area contributed by atoms with Crippen LogP contribution < -0.4 is 5.73 Å². The van der Waals surface area contributed by atoms with Crippen LogP contribution in [0.4, 0.5) is 5.69 Å². The molecule has 1 saturated carbocycles. The Morgan fingerprint density at radius 3 is 2.67 bits per heavy atom. The summed E-state index contributed by atoms with van der Waals surface area (Å²) < 4.78 is 0. The molecule has 0 radical (unpaired) electrons. The number of amides is 1. The summed E-state index contributed by atoms with van der Waals surface area (Å²) in [5.74, 6) is 1.54. The van der Waals surface area contributed by atoms with E-state index in [1.165, 1.54) is 25.7 Å². The van der Waals surface area contributed by atoms with Gasteiger partial charge in [0.2, 0.25) is 0 Å². The fourth-order valence-electron chi connectivity index (χ4n) is 4.20. The number of likely N-dealkylation sites (tertiary alicyclic amines) is 1. The molecule has 2 fully saturated rings. The van der Waals surface area contributed by atoms with Crippen molar-refractivity contribution in [3.05, 3.63) is 48.2 Å². The van der Waals surface area contributed by atoms with E-state index in [0.29, 0.717) is 17.5 Å². The Kier molecular flexibility index (Phi) is 3.97. The van der Waals surface area contributed by atoms with Crippen LogP contribution in [-0.4, -0.2) is 28.9 Å². The van der Waals surface area contributed by atoms with Crippen LogP contribution in [0.5, 0.6) is 0 Å². The average molecular weight is 321 g/mol. The summed E-state index contributed by atoms with van der Waals surface area (Å²) in [6.45, 7) is 1.83. The number of hydrogen-bond acceptors (Lipinski definition) is 3. The number of carbonyl (C=O) groups excluding carboxylic acids is 1. The smallest absolute Gasteiger partial charge is 0.253 e. The van der Waals surface area contributed by atoms with Crippen molar-refractivity contribution in [2.45, 2.75) is 25.7 Å². The Bertz CT molecular complexity index is 746.